The zero-order valence-electron chi connectivity index (χ0n) is 11.0. The third-order valence-electron chi connectivity index (χ3n) is 3.07. The van der Waals surface area contributed by atoms with Crippen LogP contribution >= 0.6 is 0 Å². The van der Waals surface area contributed by atoms with Gasteiger partial charge in [0.1, 0.15) is 5.70 Å². The second-order valence-corrected chi connectivity index (χ2v) is 6.10. The maximum Gasteiger partial charge on any atom is 0.355 e. The molecule has 0 fully saturated rings. The van der Waals surface area contributed by atoms with Gasteiger partial charge >= 0.3 is 5.97 Å². The van der Waals surface area contributed by atoms with Crippen LogP contribution in [0.1, 0.15) is 19.4 Å². The molecule has 0 radical (unpaired) electrons. The van der Waals surface area contributed by atoms with Gasteiger partial charge < -0.3 is 4.74 Å². The van der Waals surface area contributed by atoms with E-state index in [1.807, 2.05) is 0 Å². The SMILES string of the molecule is CCOC(=O)C1=C(C)c2ccccc2S(=O)(=O)N1C. The number of sulfonamides is 1. The fourth-order valence-corrected chi connectivity index (χ4v) is 3.61. The zero-order valence-corrected chi connectivity index (χ0v) is 11.8. The molecule has 0 spiro atoms. The van der Waals surface area contributed by atoms with E-state index < -0.39 is 16.0 Å². The minimum atomic E-state index is -3.69. The van der Waals surface area contributed by atoms with Crippen molar-refractivity contribution in [1.82, 2.24) is 4.31 Å². The minimum absolute atomic E-state index is 0.0700. The Morgan fingerprint density at radius 3 is 2.58 bits per heavy atom. The summed E-state index contributed by atoms with van der Waals surface area (Å²) < 4.78 is 30.6. The molecule has 0 aliphatic carbocycles. The zero-order chi connectivity index (χ0) is 14.2. The number of benzene rings is 1. The Morgan fingerprint density at radius 1 is 1.32 bits per heavy atom. The van der Waals surface area contributed by atoms with Gasteiger partial charge in [-0.25, -0.2) is 13.2 Å². The number of nitrogens with zero attached hydrogens (tertiary/aromatic N) is 1. The molecule has 0 amide bonds. The van der Waals surface area contributed by atoms with E-state index in [1.54, 1.807) is 32.0 Å². The van der Waals surface area contributed by atoms with Crippen LogP contribution in [0.3, 0.4) is 0 Å². The predicted molar refractivity (Wildman–Crippen MR) is 70.6 cm³/mol. The van der Waals surface area contributed by atoms with Crippen molar-refractivity contribution >= 4 is 21.6 Å². The van der Waals surface area contributed by atoms with E-state index in [2.05, 4.69) is 0 Å². The first-order chi connectivity index (χ1) is 8.91. The van der Waals surface area contributed by atoms with Gasteiger partial charge in [-0.2, -0.15) is 0 Å². The van der Waals surface area contributed by atoms with Crippen molar-refractivity contribution in [1.29, 1.82) is 0 Å². The Hall–Kier alpha value is -1.82. The third-order valence-corrected chi connectivity index (χ3v) is 4.88. The number of fused-ring (bicyclic) bond motifs is 1. The highest BCUT2D eigenvalue weighted by molar-refractivity contribution is 7.89. The molecule has 1 aliphatic rings. The first-order valence-corrected chi connectivity index (χ1v) is 7.31. The smallest absolute Gasteiger partial charge is 0.355 e. The summed E-state index contributed by atoms with van der Waals surface area (Å²) in [6, 6.07) is 6.62. The topological polar surface area (TPSA) is 63.7 Å². The number of hydrogen-bond donors (Lipinski definition) is 0. The van der Waals surface area contributed by atoms with Crippen molar-refractivity contribution < 1.29 is 17.9 Å². The van der Waals surface area contributed by atoms with Crippen molar-refractivity contribution in [2.24, 2.45) is 0 Å². The van der Waals surface area contributed by atoms with Crippen LogP contribution in [0, 0.1) is 0 Å². The molecule has 1 aromatic carbocycles. The Kier molecular flexibility index (Phi) is 3.36. The standard InChI is InChI=1S/C13H15NO4S/c1-4-18-13(15)12-9(2)10-7-5-6-8-11(10)19(16,17)14(12)3/h5-8H,4H2,1-3H3. The van der Waals surface area contributed by atoms with Gasteiger partial charge in [0.05, 0.1) is 11.5 Å². The van der Waals surface area contributed by atoms with Gasteiger partial charge in [-0.15, -0.1) is 0 Å². The van der Waals surface area contributed by atoms with Crippen LogP contribution in [0.2, 0.25) is 0 Å². The summed E-state index contributed by atoms with van der Waals surface area (Å²) in [6.07, 6.45) is 0. The number of carbonyl (C=O) groups is 1. The molecule has 2 rings (SSSR count). The highest BCUT2D eigenvalue weighted by atomic mass is 32.2. The highest BCUT2D eigenvalue weighted by Gasteiger charge is 2.36. The van der Waals surface area contributed by atoms with Gasteiger partial charge in [0, 0.05) is 12.6 Å². The fraction of sp³-hybridized carbons (Fsp3) is 0.308. The molecule has 19 heavy (non-hydrogen) atoms. The molecular formula is C13H15NO4S. The molecule has 102 valence electrons. The Morgan fingerprint density at radius 2 is 1.95 bits per heavy atom. The number of hydrogen-bond acceptors (Lipinski definition) is 4. The molecule has 6 heteroatoms. The van der Waals surface area contributed by atoms with E-state index in [1.165, 1.54) is 13.1 Å². The van der Waals surface area contributed by atoms with Gasteiger partial charge in [-0.05, 0) is 25.5 Å². The second kappa shape index (κ2) is 4.70. The summed E-state index contributed by atoms with van der Waals surface area (Å²) in [5.41, 5.74) is 1.22. The maximum atomic E-state index is 12.4. The highest BCUT2D eigenvalue weighted by Crippen LogP contribution is 2.35. The lowest BCUT2D eigenvalue weighted by Gasteiger charge is -2.29. The molecular weight excluding hydrogens is 266 g/mol. The number of esters is 1. The number of likely N-dealkylation sites (N-methyl/N-ethyl adjacent to an activating group) is 1. The van der Waals surface area contributed by atoms with Gasteiger partial charge in [-0.3, -0.25) is 4.31 Å². The molecule has 1 aromatic rings. The number of ether oxygens (including phenoxy) is 1. The average Bonchev–Trinajstić information content (AvgIpc) is 2.37. The summed E-state index contributed by atoms with van der Waals surface area (Å²) in [7, 11) is -2.33. The first kappa shape index (κ1) is 13.6. The third kappa shape index (κ3) is 2.02. The lowest BCUT2D eigenvalue weighted by Crippen LogP contribution is -2.35. The van der Waals surface area contributed by atoms with Crippen LogP contribution in [-0.4, -0.2) is 32.3 Å². The van der Waals surface area contributed by atoms with Gasteiger partial charge in [0.25, 0.3) is 10.0 Å². The van der Waals surface area contributed by atoms with E-state index in [4.69, 9.17) is 4.74 Å². The molecule has 0 aromatic heterocycles. The van der Waals surface area contributed by atoms with E-state index in [0.29, 0.717) is 11.1 Å². The molecule has 1 heterocycles. The summed E-state index contributed by atoms with van der Waals surface area (Å²) >= 11 is 0. The lowest BCUT2D eigenvalue weighted by atomic mass is 10.0. The Balaban J connectivity index is 2.71. The molecule has 0 saturated carbocycles. The molecule has 0 unspecified atom stereocenters. The molecule has 0 atom stereocenters. The van der Waals surface area contributed by atoms with Crippen LogP contribution in [0.4, 0.5) is 0 Å². The van der Waals surface area contributed by atoms with Crippen molar-refractivity contribution in [3.8, 4) is 0 Å². The molecule has 5 nitrogen and oxygen atoms in total. The van der Waals surface area contributed by atoms with E-state index in [9.17, 15) is 13.2 Å². The number of carbonyl (C=O) groups excluding carboxylic acids is 1. The average molecular weight is 281 g/mol. The Labute approximate surface area is 112 Å². The van der Waals surface area contributed by atoms with Crippen LogP contribution in [-0.2, 0) is 19.6 Å². The lowest BCUT2D eigenvalue weighted by molar-refractivity contribution is -0.139. The van der Waals surface area contributed by atoms with Crippen molar-refractivity contribution in [2.75, 3.05) is 13.7 Å². The van der Waals surface area contributed by atoms with Gasteiger partial charge in [0.2, 0.25) is 0 Å². The largest absolute Gasteiger partial charge is 0.461 e. The van der Waals surface area contributed by atoms with Crippen LogP contribution in [0.15, 0.2) is 34.9 Å². The van der Waals surface area contributed by atoms with Crippen molar-refractivity contribution in [3.05, 3.63) is 35.5 Å². The molecule has 1 aliphatic heterocycles. The summed E-state index contributed by atoms with van der Waals surface area (Å²) in [5, 5.41) is 0. The summed E-state index contributed by atoms with van der Waals surface area (Å²) in [6.45, 7) is 3.60. The Bertz CT molecular complexity index is 661. The molecule has 0 N–H and O–H groups in total. The molecule has 0 saturated heterocycles. The van der Waals surface area contributed by atoms with Crippen molar-refractivity contribution in [2.45, 2.75) is 18.7 Å². The van der Waals surface area contributed by atoms with Gasteiger partial charge in [0.15, 0.2) is 0 Å². The van der Waals surface area contributed by atoms with E-state index in [0.717, 1.165) is 4.31 Å². The molecule has 0 bridgehead atoms. The summed E-state index contributed by atoms with van der Waals surface area (Å²) in [4.78, 5) is 12.1. The monoisotopic (exact) mass is 281 g/mol. The number of rotatable bonds is 2. The maximum absolute atomic E-state index is 12.4. The van der Waals surface area contributed by atoms with E-state index in [-0.39, 0.29) is 17.2 Å². The summed E-state index contributed by atoms with van der Waals surface area (Å²) in [5.74, 6) is -0.624. The number of allylic oxidation sites excluding steroid dienone is 1. The quantitative estimate of drug-likeness (QED) is 0.773. The second-order valence-electron chi connectivity index (χ2n) is 4.16. The normalized spacial score (nSPS) is 17.1. The fourth-order valence-electron chi connectivity index (χ4n) is 2.11. The first-order valence-electron chi connectivity index (χ1n) is 5.87. The minimum Gasteiger partial charge on any atom is -0.461 e. The van der Waals surface area contributed by atoms with Crippen LogP contribution < -0.4 is 0 Å². The van der Waals surface area contributed by atoms with Crippen LogP contribution in [0.25, 0.3) is 5.57 Å². The van der Waals surface area contributed by atoms with Gasteiger partial charge in [-0.1, -0.05) is 18.2 Å². The van der Waals surface area contributed by atoms with E-state index >= 15 is 0 Å². The predicted octanol–water partition coefficient (Wildman–Crippen LogP) is 1.61. The van der Waals surface area contributed by atoms with Crippen LogP contribution in [0.5, 0.6) is 0 Å². The van der Waals surface area contributed by atoms with Crippen molar-refractivity contribution in [3.63, 3.8) is 0 Å².